The van der Waals surface area contributed by atoms with Crippen LogP contribution in [0.4, 0.5) is 0 Å². The van der Waals surface area contributed by atoms with E-state index in [1.807, 2.05) is 9.80 Å². The molecule has 0 radical (unpaired) electrons. The van der Waals surface area contributed by atoms with Crippen LogP contribution in [-0.4, -0.2) is 98.7 Å². The second-order valence-electron chi connectivity index (χ2n) is 11.0. The van der Waals surface area contributed by atoms with Crippen molar-refractivity contribution in [3.8, 4) is 0 Å². The van der Waals surface area contributed by atoms with Crippen LogP contribution in [0.2, 0.25) is 0 Å². The van der Waals surface area contributed by atoms with E-state index in [-0.39, 0.29) is 50.8 Å². The summed E-state index contributed by atoms with van der Waals surface area (Å²) in [5, 5.41) is 21.5. The van der Waals surface area contributed by atoms with Gasteiger partial charge < -0.3 is 19.8 Å². The molecule has 0 aliphatic rings. The molecule has 0 N–H and O–H groups in total. The van der Waals surface area contributed by atoms with Gasteiger partial charge in [0, 0.05) is 39.3 Å². The summed E-state index contributed by atoms with van der Waals surface area (Å²) in [5.41, 5.74) is 0. The van der Waals surface area contributed by atoms with Gasteiger partial charge >= 0.3 is 37.7 Å². The minimum atomic E-state index is -1.01. The zero-order valence-corrected chi connectivity index (χ0v) is 30.6. The Kier molecular flexibility index (Phi) is 42.3. The fourth-order valence-electron chi connectivity index (χ4n) is 4.19. The summed E-state index contributed by atoms with van der Waals surface area (Å²) in [6.07, 6.45) is 36.0. The van der Waals surface area contributed by atoms with Gasteiger partial charge in [0.1, 0.15) is 0 Å². The van der Waals surface area contributed by atoms with Gasteiger partial charge in [-0.25, -0.2) is 0 Å². The zero-order valence-electron chi connectivity index (χ0n) is 28.4. The molecule has 0 heterocycles. The van der Waals surface area contributed by atoms with E-state index in [1.165, 1.54) is 77.0 Å². The van der Waals surface area contributed by atoms with Crippen LogP contribution in [0.3, 0.4) is 0 Å². The third-order valence-electron chi connectivity index (χ3n) is 6.72. The second kappa shape index (κ2) is 39.1. The van der Waals surface area contributed by atoms with E-state index < -0.39 is 11.9 Å². The minimum Gasteiger partial charge on any atom is -0.549 e. The van der Waals surface area contributed by atoms with E-state index in [2.05, 4.69) is 76.3 Å². The first kappa shape index (κ1) is 46.5. The standard InChI is InChI=1S/2C18H33NO2.Ca/c2*1-3-5-7-9-11-13-15-19(17-18(20)21)16-14-12-10-8-6-4-2;/h2*11-14H,3-10,15-17H2,1-2H3,(H,20,21);/q;;+2/p-2/b2*13-11+,14-12+;. The Labute approximate surface area is 295 Å². The SMILES string of the molecule is CCCCC/C=C/CN(C/C=C/CCCCC)CC(=O)[O-].CCCCC/C=C/CN(C/C=C/CCCCC)CC(=O)[O-].[Ca+2]. The Morgan fingerprint density at radius 1 is 0.442 bits per heavy atom. The predicted molar refractivity (Wildman–Crippen MR) is 182 cm³/mol. The zero-order chi connectivity index (χ0) is 31.5. The number of allylic oxidation sites excluding steroid dienone is 4. The molecule has 0 aromatic rings. The van der Waals surface area contributed by atoms with E-state index in [9.17, 15) is 19.8 Å². The minimum absolute atomic E-state index is 0. The number of carbonyl (C=O) groups is 2. The predicted octanol–water partition coefficient (Wildman–Crippen LogP) is 6.24. The van der Waals surface area contributed by atoms with Crippen LogP contribution in [0.15, 0.2) is 48.6 Å². The third kappa shape index (κ3) is 41.1. The second-order valence-corrected chi connectivity index (χ2v) is 11.0. The molecule has 0 aromatic carbocycles. The van der Waals surface area contributed by atoms with Crippen LogP contribution >= 0.6 is 0 Å². The molecule has 0 bridgehead atoms. The van der Waals surface area contributed by atoms with Gasteiger partial charge in [0.2, 0.25) is 0 Å². The number of carboxylic acid groups (broad SMARTS) is 2. The quantitative estimate of drug-likeness (QED) is 0.0579. The largest absolute Gasteiger partial charge is 2.00 e. The Bertz CT molecular complexity index is 618. The number of unbranched alkanes of at least 4 members (excludes halogenated alkanes) is 12. The first-order valence-corrected chi connectivity index (χ1v) is 16.8. The first-order chi connectivity index (χ1) is 20.4. The molecule has 0 unspecified atom stereocenters. The van der Waals surface area contributed by atoms with Crippen LogP contribution in [0.5, 0.6) is 0 Å². The van der Waals surface area contributed by atoms with E-state index in [0.29, 0.717) is 26.2 Å². The summed E-state index contributed by atoms with van der Waals surface area (Å²) in [6, 6.07) is 0. The molecule has 0 aliphatic carbocycles. The molecule has 0 rings (SSSR count). The molecule has 0 fully saturated rings. The van der Waals surface area contributed by atoms with Gasteiger partial charge in [-0.1, -0.05) is 128 Å². The molecule has 0 amide bonds. The summed E-state index contributed by atoms with van der Waals surface area (Å²) in [5.74, 6) is -2.01. The van der Waals surface area contributed by atoms with Gasteiger partial charge in [0.25, 0.3) is 0 Å². The number of hydrogen-bond acceptors (Lipinski definition) is 6. The Hall–Kier alpha value is -0.920. The summed E-state index contributed by atoms with van der Waals surface area (Å²) in [6.45, 7) is 11.5. The van der Waals surface area contributed by atoms with E-state index in [0.717, 1.165) is 25.7 Å². The van der Waals surface area contributed by atoms with Gasteiger partial charge in [-0.3, -0.25) is 9.80 Å². The van der Waals surface area contributed by atoms with E-state index in [1.54, 1.807) is 0 Å². The molecule has 0 aliphatic heterocycles. The van der Waals surface area contributed by atoms with Crippen molar-refractivity contribution in [2.75, 3.05) is 39.3 Å². The monoisotopic (exact) mass is 628 g/mol. The van der Waals surface area contributed by atoms with Crippen LogP contribution in [0.25, 0.3) is 0 Å². The van der Waals surface area contributed by atoms with Crippen molar-refractivity contribution in [3.05, 3.63) is 48.6 Å². The van der Waals surface area contributed by atoms with Crippen molar-refractivity contribution in [1.82, 2.24) is 9.80 Å². The average molecular weight is 629 g/mol. The average Bonchev–Trinajstić information content (AvgIpc) is 2.95. The molecular weight excluding hydrogens is 564 g/mol. The normalized spacial score (nSPS) is 11.7. The molecular formula is C36H64CaN2O4. The van der Waals surface area contributed by atoms with Crippen LogP contribution < -0.4 is 10.2 Å². The number of hydrogen-bond donors (Lipinski definition) is 0. The summed E-state index contributed by atoms with van der Waals surface area (Å²) >= 11 is 0. The maximum Gasteiger partial charge on any atom is 2.00 e. The van der Waals surface area contributed by atoms with Crippen LogP contribution in [0.1, 0.15) is 130 Å². The van der Waals surface area contributed by atoms with Crippen LogP contribution in [-0.2, 0) is 9.59 Å². The number of rotatable bonds is 28. The molecule has 7 heteroatoms. The number of carbonyl (C=O) groups excluding carboxylic acids is 2. The number of carboxylic acids is 2. The molecule has 0 spiro atoms. The van der Waals surface area contributed by atoms with Gasteiger partial charge in [-0.05, 0) is 51.4 Å². The van der Waals surface area contributed by atoms with Crippen molar-refractivity contribution in [2.24, 2.45) is 0 Å². The fraction of sp³-hybridized carbons (Fsp3) is 0.722. The van der Waals surface area contributed by atoms with Gasteiger partial charge in [-0.15, -0.1) is 0 Å². The summed E-state index contributed by atoms with van der Waals surface area (Å²) < 4.78 is 0. The smallest absolute Gasteiger partial charge is 0.549 e. The molecule has 43 heavy (non-hydrogen) atoms. The third-order valence-corrected chi connectivity index (χ3v) is 6.72. The first-order valence-electron chi connectivity index (χ1n) is 16.8. The topological polar surface area (TPSA) is 86.7 Å². The molecule has 0 saturated heterocycles. The van der Waals surface area contributed by atoms with E-state index >= 15 is 0 Å². The van der Waals surface area contributed by atoms with Crippen LogP contribution in [0, 0.1) is 0 Å². The molecule has 6 nitrogen and oxygen atoms in total. The maximum absolute atomic E-state index is 10.8. The van der Waals surface area contributed by atoms with Gasteiger partial charge in [0.15, 0.2) is 0 Å². The van der Waals surface area contributed by atoms with Crippen molar-refractivity contribution >= 4 is 49.7 Å². The van der Waals surface area contributed by atoms with Crippen molar-refractivity contribution in [3.63, 3.8) is 0 Å². The Morgan fingerprint density at radius 2 is 0.674 bits per heavy atom. The molecule has 0 aromatic heterocycles. The van der Waals surface area contributed by atoms with Gasteiger partial charge in [0.05, 0.1) is 11.9 Å². The van der Waals surface area contributed by atoms with Crippen molar-refractivity contribution < 1.29 is 19.8 Å². The van der Waals surface area contributed by atoms with E-state index in [4.69, 9.17) is 0 Å². The maximum atomic E-state index is 10.8. The summed E-state index contributed by atoms with van der Waals surface area (Å²) in [4.78, 5) is 25.3. The number of aliphatic carboxylic acids is 2. The van der Waals surface area contributed by atoms with Crippen molar-refractivity contribution in [1.29, 1.82) is 0 Å². The molecule has 0 atom stereocenters. The van der Waals surface area contributed by atoms with Gasteiger partial charge in [-0.2, -0.15) is 0 Å². The summed E-state index contributed by atoms with van der Waals surface area (Å²) in [7, 11) is 0. The molecule has 0 saturated carbocycles. The Morgan fingerprint density at radius 3 is 0.860 bits per heavy atom. The fourth-order valence-corrected chi connectivity index (χ4v) is 4.19. The Balaban J connectivity index is -0.000000727. The van der Waals surface area contributed by atoms with Crippen molar-refractivity contribution in [2.45, 2.75) is 130 Å². The number of nitrogens with zero attached hydrogens (tertiary/aromatic N) is 2. The molecule has 244 valence electrons.